The van der Waals surface area contributed by atoms with Crippen LogP contribution in [0.15, 0.2) is 72.4 Å². The highest BCUT2D eigenvalue weighted by Gasteiger charge is 2.36. The molecule has 0 radical (unpaired) electrons. The van der Waals surface area contributed by atoms with Crippen LogP contribution in [0.3, 0.4) is 0 Å². The number of hydrogen-bond donors (Lipinski definition) is 0. The van der Waals surface area contributed by atoms with Crippen LogP contribution in [0.4, 0.5) is 0 Å². The minimum atomic E-state index is 0.359. The molecule has 2 aromatic rings. The third kappa shape index (κ3) is 5.09. The van der Waals surface area contributed by atoms with Gasteiger partial charge in [0, 0.05) is 5.92 Å². The van der Waals surface area contributed by atoms with Gasteiger partial charge in [-0.3, -0.25) is 0 Å². The van der Waals surface area contributed by atoms with Crippen LogP contribution in [0.5, 0.6) is 0 Å². The fourth-order valence-electron chi connectivity index (χ4n) is 7.60. The second-order valence-electron chi connectivity index (χ2n) is 13.4. The molecule has 0 aromatic heterocycles. The lowest BCUT2D eigenvalue weighted by atomic mass is 9.72. The zero-order chi connectivity index (χ0) is 26.5. The van der Waals surface area contributed by atoms with Crippen LogP contribution in [0.2, 0.25) is 0 Å². The highest BCUT2D eigenvalue weighted by molar-refractivity contribution is 5.80. The maximum atomic E-state index is 4.45. The molecule has 4 atom stereocenters. The second kappa shape index (κ2) is 9.94. The Hall–Kier alpha value is -2.60. The number of fused-ring (bicyclic) bond motifs is 1. The van der Waals surface area contributed by atoms with E-state index in [1.807, 2.05) is 0 Å². The Morgan fingerprint density at radius 1 is 0.973 bits per heavy atom. The first-order valence-electron chi connectivity index (χ1n) is 14.5. The van der Waals surface area contributed by atoms with E-state index in [0.717, 1.165) is 24.7 Å². The number of hydrogen-bond acceptors (Lipinski definition) is 0. The summed E-state index contributed by atoms with van der Waals surface area (Å²) in [6, 6.07) is 11.8. The van der Waals surface area contributed by atoms with Crippen molar-refractivity contribution in [1.82, 2.24) is 0 Å². The summed E-state index contributed by atoms with van der Waals surface area (Å²) in [5, 5.41) is 0. The van der Waals surface area contributed by atoms with Gasteiger partial charge in [-0.1, -0.05) is 113 Å². The molecule has 0 N–H and O–H groups in total. The molecule has 1 fully saturated rings. The average molecular weight is 491 g/mol. The standard InChI is InChI=1S/C37H46/c1-23-17-26(4)33(22-30-12-10-14-36(30)37(6,7)8)35(18-23)31-13-9-11-29-19-28(21-34(29)31)20-32-25(3)16-15-24(2)27(32)5/h9,11,13,15-19,24,30,32,36H,3,5,10,12,14,20-22H2,1-2,4,6-8H3/t24?,30-,32?,36-/m0/s1. The third-order valence-corrected chi connectivity index (χ3v) is 9.67. The van der Waals surface area contributed by atoms with Crippen LogP contribution in [-0.2, 0) is 12.8 Å². The first kappa shape index (κ1) is 26.0. The Labute approximate surface area is 226 Å². The third-order valence-electron chi connectivity index (χ3n) is 9.67. The van der Waals surface area contributed by atoms with E-state index in [1.165, 1.54) is 75.8 Å². The van der Waals surface area contributed by atoms with Crippen LogP contribution in [0, 0.1) is 42.9 Å². The normalized spacial score (nSPS) is 25.5. The van der Waals surface area contributed by atoms with Crippen molar-refractivity contribution in [2.75, 3.05) is 0 Å². The van der Waals surface area contributed by atoms with Gasteiger partial charge in [-0.2, -0.15) is 0 Å². The number of benzene rings is 2. The average Bonchev–Trinajstić information content (AvgIpc) is 3.47. The van der Waals surface area contributed by atoms with Crippen LogP contribution >= 0.6 is 0 Å². The summed E-state index contributed by atoms with van der Waals surface area (Å²) in [7, 11) is 0. The Morgan fingerprint density at radius 2 is 1.76 bits per heavy atom. The van der Waals surface area contributed by atoms with Crippen molar-refractivity contribution in [2.45, 2.75) is 80.1 Å². The van der Waals surface area contributed by atoms with Gasteiger partial charge in [0.2, 0.25) is 0 Å². The number of rotatable bonds is 5. The van der Waals surface area contributed by atoms with Crippen molar-refractivity contribution in [3.8, 4) is 11.1 Å². The largest absolute Gasteiger partial charge is 0.0986 e. The van der Waals surface area contributed by atoms with E-state index in [1.54, 1.807) is 5.56 Å². The Bertz CT molecular complexity index is 1290. The van der Waals surface area contributed by atoms with Gasteiger partial charge in [0.25, 0.3) is 0 Å². The van der Waals surface area contributed by atoms with Crippen molar-refractivity contribution < 1.29 is 0 Å². The summed E-state index contributed by atoms with van der Waals surface area (Å²) in [5.74, 6) is 2.38. The molecule has 0 heterocycles. The smallest absolute Gasteiger partial charge is 0.00826 e. The minimum Gasteiger partial charge on any atom is -0.0986 e. The molecular formula is C37H46. The predicted molar refractivity (Wildman–Crippen MR) is 162 cm³/mol. The summed E-state index contributed by atoms with van der Waals surface area (Å²) in [4.78, 5) is 0. The Balaban J connectivity index is 1.47. The van der Waals surface area contributed by atoms with Crippen LogP contribution < -0.4 is 0 Å². The SMILES string of the molecule is C=C1C=CC(C)C(=C)C1CC1=Cc2cccc(-c3cc(C)cc(C)c3C[C@@H]3CCC[C@@H]3C(C)(C)C)c2C1. The molecule has 0 aliphatic heterocycles. The van der Waals surface area contributed by atoms with E-state index in [-0.39, 0.29) is 0 Å². The van der Waals surface area contributed by atoms with Gasteiger partial charge in [-0.15, -0.1) is 0 Å². The summed E-state index contributed by atoms with van der Waals surface area (Å²) < 4.78 is 0. The molecule has 3 aliphatic rings. The van der Waals surface area contributed by atoms with Crippen LogP contribution in [-0.4, -0.2) is 0 Å². The molecule has 0 amide bonds. The Kier molecular flexibility index (Phi) is 6.99. The van der Waals surface area contributed by atoms with Crippen molar-refractivity contribution in [3.05, 3.63) is 100 Å². The fraction of sp³-hybridized carbons (Fsp3) is 0.459. The van der Waals surface area contributed by atoms with Crippen LogP contribution in [0.25, 0.3) is 17.2 Å². The van der Waals surface area contributed by atoms with E-state index in [2.05, 4.69) is 103 Å². The molecule has 3 aliphatic carbocycles. The van der Waals surface area contributed by atoms with E-state index in [0.29, 0.717) is 17.3 Å². The number of aryl methyl sites for hydroxylation is 2. The maximum absolute atomic E-state index is 4.45. The maximum Gasteiger partial charge on any atom is 0.00826 e. The van der Waals surface area contributed by atoms with E-state index in [9.17, 15) is 0 Å². The molecule has 2 unspecified atom stereocenters. The molecule has 0 spiro atoms. The van der Waals surface area contributed by atoms with Gasteiger partial charge >= 0.3 is 0 Å². The van der Waals surface area contributed by atoms with Crippen molar-refractivity contribution in [3.63, 3.8) is 0 Å². The monoisotopic (exact) mass is 490 g/mol. The zero-order valence-corrected chi connectivity index (χ0v) is 24.1. The predicted octanol–water partition coefficient (Wildman–Crippen LogP) is 10.2. The van der Waals surface area contributed by atoms with Gasteiger partial charge in [0.1, 0.15) is 0 Å². The lowest BCUT2D eigenvalue weighted by molar-refractivity contribution is 0.185. The second-order valence-corrected chi connectivity index (χ2v) is 13.4. The molecule has 0 heteroatoms. The first-order valence-corrected chi connectivity index (χ1v) is 14.5. The van der Waals surface area contributed by atoms with Crippen molar-refractivity contribution >= 4 is 6.08 Å². The first-order chi connectivity index (χ1) is 17.5. The highest BCUT2D eigenvalue weighted by atomic mass is 14.4. The van der Waals surface area contributed by atoms with E-state index < -0.39 is 0 Å². The lowest BCUT2D eigenvalue weighted by Gasteiger charge is -2.33. The van der Waals surface area contributed by atoms with Gasteiger partial charge in [-0.05, 0) is 108 Å². The summed E-state index contributed by atoms with van der Waals surface area (Å²) in [6.45, 7) is 23.0. The van der Waals surface area contributed by atoms with Crippen molar-refractivity contribution in [2.24, 2.45) is 29.1 Å². The summed E-state index contributed by atoms with van der Waals surface area (Å²) in [6.07, 6.45) is 14.3. The van der Waals surface area contributed by atoms with Crippen molar-refractivity contribution in [1.29, 1.82) is 0 Å². The van der Waals surface area contributed by atoms with Gasteiger partial charge < -0.3 is 0 Å². The fourth-order valence-corrected chi connectivity index (χ4v) is 7.60. The minimum absolute atomic E-state index is 0.359. The molecule has 194 valence electrons. The van der Waals surface area contributed by atoms with Gasteiger partial charge in [-0.25, -0.2) is 0 Å². The molecule has 0 nitrogen and oxygen atoms in total. The molecule has 5 rings (SSSR count). The molecular weight excluding hydrogens is 444 g/mol. The van der Waals surface area contributed by atoms with Gasteiger partial charge in [0.15, 0.2) is 0 Å². The van der Waals surface area contributed by atoms with Crippen LogP contribution in [0.1, 0.15) is 81.2 Å². The summed E-state index contributed by atoms with van der Waals surface area (Å²) in [5.41, 5.74) is 14.7. The Morgan fingerprint density at radius 3 is 2.51 bits per heavy atom. The highest BCUT2D eigenvalue weighted by Crippen LogP contribution is 2.47. The molecule has 37 heavy (non-hydrogen) atoms. The topological polar surface area (TPSA) is 0 Å². The van der Waals surface area contributed by atoms with E-state index >= 15 is 0 Å². The quantitative estimate of drug-likeness (QED) is 0.366. The molecule has 2 aromatic carbocycles. The van der Waals surface area contributed by atoms with E-state index in [4.69, 9.17) is 0 Å². The molecule has 1 saturated carbocycles. The molecule has 0 saturated heterocycles. The summed E-state index contributed by atoms with van der Waals surface area (Å²) >= 11 is 0. The molecule has 0 bridgehead atoms. The van der Waals surface area contributed by atoms with Gasteiger partial charge in [0.05, 0.1) is 0 Å². The lowest BCUT2D eigenvalue weighted by Crippen LogP contribution is -2.25. The number of allylic oxidation sites excluding steroid dienone is 5. The zero-order valence-electron chi connectivity index (χ0n) is 24.1.